The summed E-state index contributed by atoms with van der Waals surface area (Å²) in [4.78, 5) is 15.9. The molecule has 0 radical (unpaired) electrons. The molecule has 6 heteroatoms. The van der Waals surface area contributed by atoms with Crippen molar-refractivity contribution in [2.75, 3.05) is 24.6 Å². The van der Waals surface area contributed by atoms with Crippen LogP contribution in [0.15, 0.2) is 18.3 Å². The van der Waals surface area contributed by atoms with E-state index in [1.54, 1.807) is 4.90 Å². The van der Waals surface area contributed by atoms with Gasteiger partial charge in [0.2, 0.25) is 5.82 Å². The first kappa shape index (κ1) is 11.4. The van der Waals surface area contributed by atoms with Crippen molar-refractivity contribution in [2.45, 2.75) is 6.92 Å². The van der Waals surface area contributed by atoms with Gasteiger partial charge in [-0.15, -0.1) is 0 Å². The summed E-state index contributed by atoms with van der Waals surface area (Å²) in [6.07, 6.45) is 1.50. The lowest BCUT2D eigenvalue weighted by atomic mass is 10.3. The number of aromatic nitrogens is 1. The van der Waals surface area contributed by atoms with E-state index in [-0.39, 0.29) is 12.3 Å². The van der Waals surface area contributed by atoms with Crippen molar-refractivity contribution >= 4 is 11.5 Å². The maximum Gasteiger partial charge on any atom is 0.311 e. The highest BCUT2D eigenvalue weighted by molar-refractivity contribution is 5.57. The van der Waals surface area contributed by atoms with E-state index in [4.69, 9.17) is 5.11 Å². The Morgan fingerprint density at radius 3 is 2.93 bits per heavy atom. The van der Waals surface area contributed by atoms with Crippen LogP contribution in [-0.2, 0) is 0 Å². The minimum absolute atomic E-state index is 0.0344. The van der Waals surface area contributed by atoms with Crippen molar-refractivity contribution in [2.24, 2.45) is 0 Å². The summed E-state index contributed by atoms with van der Waals surface area (Å²) in [6, 6.07) is 2.93. The molecule has 0 aromatic carbocycles. The Kier molecular flexibility index (Phi) is 3.99. The first-order valence-electron chi connectivity index (χ1n) is 4.66. The van der Waals surface area contributed by atoms with Crippen LogP contribution in [0.2, 0.25) is 0 Å². The van der Waals surface area contributed by atoms with Crippen LogP contribution in [-0.4, -0.2) is 34.7 Å². The zero-order valence-electron chi connectivity index (χ0n) is 8.46. The molecule has 0 bridgehead atoms. The summed E-state index contributed by atoms with van der Waals surface area (Å²) in [6.45, 7) is 2.71. The maximum absolute atomic E-state index is 10.7. The summed E-state index contributed by atoms with van der Waals surface area (Å²) in [5.74, 6) is 0.305. The number of aliphatic hydroxyl groups excluding tert-OH is 1. The molecule has 0 unspecified atom stereocenters. The highest BCUT2D eigenvalue weighted by atomic mass is 16.6. The molecule has 1 aromatic heterocycles. The second-order valence-corrected chi connectivity index (χ2v) is 2.91. The molecule has 1 rings (SSSR count). The van der Waals surface area contributed by atoms with E-state index in [9.17, 15) is 10.1 Å². The van der Waals surface area contributed by atoms with E-state index < -0.39 is 4.92 Å². The molecule has 15 heavy (non-hydrogen) atoms. The van der Waals surface area contributed by atoms with E-state index >= 15 is 0 Å². The molecule has 0 fully saturated rings. The summed E-state index contributed by atoms with van der Waals surface area (Å²) >= 11 is 0. The van der Waals surface area contributed by atoms with Gasteiger partial charge in [0.05, 0.1) is 11.5 Å². The van der Waals surface area contributed by atoms with Crippen molar-refractivity contribution < 1.29 is 10.0 Å². The van der Waals surface area contributed by atoms with Crippen LogP contribution < -0.4 is 4.90 Å². The van der Waals surface area contributed by atoms with Crippen LogP contribution in [0.5, 0.6) is 0 Å². The quantitative estimate of drug-likeness (QED) is 0.575. The third-order valence-electron chi connectivity index (χ3n) is 2.01. The molecule has 0 spiro atoms. The molecule has 0 aliphatic carbocycles. The third-order valence-corrected chi connectivity index (χ3v) is 2.01. The number of nitrogens with zero attached hydrogens (tertiary/aromatic N) is 3. The van der Waals surface area contributed by atoms with Crippen molar-refractivity contribution in [1.82, 2.24) is 4.98 Å². The number of hydrogen-bond acceptors (Lipinski definition) is 5. The lowest BCUT2D eigenvalue weighted by Gasteiger charge is -2.19. The van der Waals surface area contributed by atoms with E-state index in [1.807, 2.05) is 6.92 Å². The normalized spacial score (nSPS) is 10.0. The number of anilines is 1. The summed E-state index contributed by atoms with van der Waals surface area (Å²) in [5, 5.41) is 19.5. The third kappa shape index (κ3) is 2.63. The van der Waals surface area contributed by atoms with E-state index in [0.29, 0.717) is 18.9 Å². The molecule has 0 aliphatic rings. The minimum atomic E-state index is -0.470. The molecule has 1 N–H and O–H groups in total. The number of likely N-dealkylation sites (N-methyl/N-ethyl adjacent to an activating group) is 1. The van der Waals surface area contributed by atoms with Gasteiger partial charge in [0.25, 0.3) is 0 Å². The molecule has 82 valence electrons. The first-order chi connectivity index (χ1) is 7.20. The van der Waals surface area contributed by atoms with Gasteiger partial charge in [0.1, 0.15) is 0 Å². The zero-order valence-corrected chi connectivity index (χ0v) is 8.46. The van der Waals surface area contributed by atoms with Gasteiger partial charge >= 0.3 is 5.69 Å². The number of rotatable bonds is 5. The first-order valence-corrected chi connectivity index (χ1v) is 4.66. The smallest absolute Gasteiger partial charge is 0.311 e. The van der Waals surface area contributed by atoms with Crippen LogP contribution in [0.25, 0.3) is 0 Å². The topological polar surface area (TPSA) is 79.5 Å². The fraction of sp³-hybridized carbons (Fsp3) is 0.444. The summed E-state index contributed by atoms with van der Waals surface area (Å²) < 4.78 is 0. The lowest BCUT2D eigenvalue weighted by molar-refractivity contribution is -0.384. The fourth-order valence-corrected chi connectivity index (χ4v) is 1.31. The molecule has 0 saturated heterocycles. The van der Waals surface area contributed by atoms with Crippen LogP contribution in [0.1, 0.15) is 6.92 Å². The molecular formula is C9H13N3O3. The van der Waals surface area contributed by atoms with Crippen molar-refractivity contribution in [3.63, 3.8) is 0 Å². The van der Waals surface area contributed by atoms with Gasteiger partial charge < -0.3 is 10.0 Å². The largest absolute Gasteiger partial charge is 0.395 e. The van der Waals surface area contributed by atoms with Gasteiger partial charge in [-0.25, -0.2) is 4.98 Å². The van der Waals surface area contributed by atoms with Gasteiger partial charge in [-0.1, -0.05) is 0 Å². The van der Waals surface area contributed by atoms with E-state index in [2.05, 4.69) is 4.98 Å². The van der Waals surface area contributed by atoms with Crippen LogP contribution in [0, 0.1) is 10.1 Å². The Labute approximate surface area is 87.3 Å². The number of nitro groups is 1. The zero-order chi connectivity index (χ0) is 11.3. The predicted molar refractivity (Wildman–Crippen MR) is 55.9 cm³/mol. The molecule has 0 atom stereocenters. The van der Waals surface area contributed by atoms with Gasteiger partial charge in [0, 0.05) is 25.4 Å². The van der Waals surface area contributed by atoms with Crippen LogP contribution in [0.4, 0.5) is 11.5 Å². The van der Waals surface area contributed by atoms with Crippen molar-refractivity contribution in [3.05, 3.63) is 28.4 Å². The van der Waals surface area contributed by atoms with Gasteiger partial charge in [-0.3, -0.25) is 10.1 Å². The van der Waals surface area contributed by atoms with Crippen molar-refractivity contribution in [3.8, 4) is 0 Å². The second kappa shape index (κ2) is 5.26. The minimum Gasteiger partial charge on any atom is -0.395 e. The summed E-state index contributed by atoms with van der Waals surface area (Å²) in [7, 11) is 0. The fourth-order valence-electron chi connectivity index (χ4n) is 1.31. The van der Waals surface area contributed by atoms with Gasteiger partial charge in [-0.05, 0) is 13.0 Å². The lowest BCUT2D eigenvalue weighted by Crippen LogP contribution is -2.27. The molecule has 0 saturated carbocycles. The Morgan fingerprint density at radius 2 is 2.40 bits per heavy atom. The Bertz CT molecular complexity index is 343. The standard InChI is InChI=1S/C9H13N3O3/c1-2-11(6-7-13)9-8(12(14)15)4-3-5-10-9/h3-5,13H,2,6-7H2,1H3. The van der Waals surface area contributed by atoms with Gasteiger partial charge in [0.15, 0.2) is 0 Å². The van der Waals surface area contributed by atoms with Crippen LogP contribution in [0.3, 0.4) is 0 Å². The molecule has 0 amide bonds. The molecule has 1 aromatic rings. The van der Waals surface area contributed by atoms with E-state index in [1.165, 1.54) is 18.3 Å². The molecule has 6 nitrogen and oxygen atoms in total. The number of aliphatic hydroxyl groups is 1. The Morgan fingerprint density at radius 1 is 1.67 bits per heavy atom. The predicted octanol–water partition coefficient (Wildman–Crippen LogP) is 0.808. The molecular weight excluding hydrogens is 198 g/mol. The van der Waals surface area contributed by atoms with E-state index in [0.717, 1.165) is 0 Å². The monoisotopic (exact) mass is 211 g/mol. The molecule has 1 heterocycles. The van der Waals surface area contributed by atoms with Crippen molar-refractivity contribution in [1.29, 1.82) is 0 Å². The average molecular weight is 211 g/mol. The average Bonchev–Trinajstić information content (AvgIpc) is 2.26. The summed E-state index contributed by atoms with van der Waals surface area (Å²) in [5.41, 5.74) is -0.0344. The Balaban J connectivity index is 3.04. The highest BCUT2D eigenvalue weighted by Gasteiger charge is 2.18. The maximum atomic E-state index is 10.7. The Hall–Kier alpha value is -1.69. The number of hydrogen-bond donors (Lipinski definition) is 1. The van der Waals surface area contributed by atoms with Crippen LogP contribution >= 0.6 is 0 Å². The van der Waals surface area contributed by atoms with Gasteiger partial charge in [-0.2, -0.15) is 0 Å². The SMILES string of the molecule is CCN(CCO)c1ncccc1[N+](=O)[O-]. The second-order valence-electron chi connectivity index (χ2n) is 2.91. The highest BCUT2D eigenvalue weighted by Crippen LogP contribution is 2.24. The molecule has 0 aliphatic heterocycles. The number of pyridine rings is 1.